The van der Waals surface area contributed by atoms with Crippen molar-refractivity contribution in [3.8, 4) is 0 Å². The number of hydrogen-bond acceptors (Lipinski definition) is 2. The third-order valence-corrected chi connectivity index (χ3v) is 3.87. The fourth-order valence-corrected chi connectivity index (χ4v) is 2.87. The molecule has 2 heteroatoms. The van der Waals surface area contributed by atoms with E-state index < -0.39 is 0 Å². The Morgan fingerprint density at radius 3 is 2.79 bits per heavy atom. The number of aliphatic hydroxyl groups excluding tert-OH is 1. The van der Waals surface area contributed by atoms with Crippen LogP contribution in [0.2, 0.25) is 0 Å². The third-order valence-electron chi connectivity index (χ3n) is 3.87. The summed E-state index contributed by atoms with van der Waals surface area (Å²) in [5.74, 6) is 1.44. The zero-order valence-corrected chi connectivity index (χ0v) is 12.5. The Labute approximate surface area is 118 Å². The third kappa shape index (κ3) is 6.22. The molecule has 1 aliphatic rings. The first-order valence-electron chi connectivity index (χ1n) is 7.48. The molecular weight excluding hydrogens is 234 g/mol. The van der Waals surface area contributed by atoms with E-state index in [0.29, 0.717) is 12.5 Å². The molecule has 0 heterocycles. The Kier molecular flexibility index (Phi) is 7.76. The van der Waals surface area contributed by atoms with Crippen molar-refractivity contribution in [2.24, 2.45) is 11.8 Å². The molecule has 2 atom stereocenters. The van der Waals surface area contributed by atoms with Crippen LogP contribution in [0.1, 0.15) is 39.5 Å². The Morgan fingerprint density at radius 1 is 1.37 bits per heavy atom. The van der Waals surface area contributed by atoms with Gasteiger partial charge >= 0.3 is 0 Å². The lowest BCUT2D eigenvalue weighted by Gasteiger charge is -2.30. The normalized spacial score (nSPS) is 24.9. The molecule has 0 amide bonds. The molecule has 0 aromatic heterocycles. The van der Waals surface area contributed by atoms with E-state index in [1.165, 1.54) is 31.3 Å². The maximum atomic E-state index is 8.81. The van der Waals surface area contributed by atoms with E-state index in [1.54, 1.807) is 0 Å². The van der Waals surface area contributed by atoms with Crippen molar-refractivity contribution in [3.63, 3.8) is 0 Å². The molecule has 1 rings (SSSR count). The molecule has 0 spiro atoms. The van der Waals surface area contributed by atoms with Gasteiger partial charge < -0.3 is 10.4 Å². The zero-order valence-electron chi connectivity index (χ0n) is 12.5. The SMILES string of the molecule is C=C(C)/C=C\C(=C/C)C1CCCC(CNCCO)C1. The molecule has 0 aromatic carbocycles. The molecule has 0 aromatic rings. The van der Waals surface area contributed by atoms with Crippen LogP contribution in [0.3, 0.4) is 0 Å². The molecule has 0 radical (unpaired) electrons. The van der Waals surface area contributed by atoms with Crippen molar-refractivity contribution >= 4 is 0 Å². The molecular formula is C17H29NO. The Balaban J connectivity index is 2.50. The summed E-state index contributed by atoms with van der Waals surface area (Å²) in [5.41, 5.74) is 2.56. The second-order valence-corrected chi connectivity index (χ2v) is 5.63. The van der Waals surface area contributed by atoms with Crippen LogP contribution in [-0.4, -0.2) is 24.8 Å². The quantitative estimate of drug-likeness (QED) is 0.544. The molecule has 2 unspecified atom stereocenters. The summed E-state index contributed by atoms with van der Waals surface area (Å²) in [4.78, 5) is 0. The Hall–Kier alpha value is -0.860. The molecule has 1 aliphatic carbocycles. The Morgan fingerprint density at radius 2 is 2.16 bits per heavy atom. The maximum Gasteiger partial charge on any atom is 0.0555 e. The average molecular weight is 263 g/mol. The van der Waals surface area contributed by atoms with E-state index in [-0.39, 0.29) is 6.61 Å². The van der Waals surface area contributed by atoms with Gasteiger partial charge in [0, 0.05) is 6.54 Å². The van der Waals surface area contributed by atoms with Gasteiger partial charge in [-0.3, -0.25) is 0 Å². The number of rotatable bonds is 7. The second-order valence-electron chi connectivity index (χ2n) is 5.63. The predicted octanol–water partition coefficient (Wildman–Crippen LogP) is 3.45. The van der Waals surface area contributed by atoms with Gasteiger partial charge in [0.1, 0.15) is 0 Å². The monoisotopic (exact) mass is 263 g/mol. The van der Waals surface area contributed by atoms with Crippen molar-refractivity contribution in [1.29, 1.82) is 0 Å². The van der Waals surface area contributed by atoms with E-state index >= 15 is 0 Å². The molecule has 0 bridgehead atoms. The van der Waals surface area contributed by atoms with Crippen LogP contribution >= 0.6 is 0 Å². The van der Waals surface area contributed by atoms with Crippen molar-refractivity contribution < 1.29 is 5.11 Å². The number of nitrogens with one attached hydrogen (secondary N) is 1. The van der Waals surface area contributed by atoms with Crippen molar-refractivity contribution in [3.05, 3.63) is 36.0 Å². The fourth-order valence-electron chi connectivity index (χ4n) is 2.87. The fraction of sp³-hybridized carbons (Fsp3) is 0.647. The first-order valence-corrected chi connectivity index (χ1v) is 7.48. The maximum absolute atomic E-state index is 8.81. The van der Waals surface area contributed by atoms with E-state index in [9.17, 15) is 0 Å². The first kappa shape index (κ1) is 16.2. The molecule has 108 valence electrons. The van der Waals surface area contributed by atoms with Crippen LogP contribution in [0.5, 0.6) is 0 Å². The highest BCUT2D eigenvalue weighted by Crippen LogP contribution is 2.34. The van der Waals surface area contributed by atoms with Gasteiger partial charge in [-0.25, -0.2) is 0 Å². The second kappa shape index (κ2) is 9.11. The highest BCUT2D eigenvalue weighted by Gasteiger charge is 2.23. The Bertz CT molecular complexity index is 330. The predicted molar refractivity (Wildman–Crippen MR) is 83.1 cm³/mol. The van der Waals surface area contributed by atoms with E-state index in [1.807, 2.05) is 6.92 Å². The molecule has 2 nitrogen and oxygen atoms in total. The van der Waals surface area contributed by atoms with Crippen LogP contribution in [0.4, 0.5) is 0 Å². The summed E-state index contributed by atoms with van der Waals surface area (Å²) in [6.07, 6.45) is 11.8. The van der Waals surface area contributed by atoms with Crippen molar-refractivity contribution in [2.45, 2.75) is 39.5 Å². The standard InChI is InChI=1S/C17H29NO/c1-4-16(9-8-14(2)3)17-7-5-6-15(12-17)13-18-10-11-19/h4,8-9,15,17-19H,2,5-7,10-13H2,1,3H3/b9-8-,16-4+. The molecule has 1 saturated carbocycles. The summed E-state index contributed by atoms with van der Waals surface area (Å²) in [5, 5.41) is 12.1. The number of allylic oxidation sites excluding steroid dienone is 5. The van der Waals surface area contributed by atoms with Crippen LogP contribution < -0.4 is 5.32 Å². The van der Waals surface area contributed by atoms with Crippen LogP contribution in [0.25, 0.3) is 0 Å². The lowest BCUT2D eigenvalue weighted by molar-refractivity contribution is 0.262. The molecule has 0 saturated heterocycles. The minimum Gasteiger partial charge on any atom is -0.395 e. The molecule has 1 fully saturated rings. The smallest absolute Gasteiger partial charge is 0.0555 e. The van der Waals surface area contributed by atoms with Gasteiger partial charge in [0.25, 0.3) is 0 Å². The van der Waals surface area contributed by atoms with Crippen molar-refractivity contribution in [2.75, 3.05) is 19.7 Å². The van der Waals surface area contributed by atoms with Crippen LogP contribution in [0.15, 0.2) is 36.0 Å². The first-order chi connectivity index (χ1) is 9.17. The van der Waals surface area contributed by atoms with Gasteiger partial charge in [0.2, 0.25) is 0 Å². The zero-order chi connectivity index (χ0) is 14.1. The summed E-state index contributed by atoms with van der Waals surface area (Å²) in [6.45, 7) is 10.1. The summed E-state index contributed by atoms with van der Waals surface area (Å²) in [6, 6.07) is 0. The van der Waals surface area contributed by atoms with Crippen LogP contribution in [-0.2, 0) is 0 Å². The number of hydrogen-bond donors (Lipinski definition) is 2. The molecule has 19 heavy (non-hydrogen) atoms. The number of aliphatic hydroxyl groups is 1. The molecule has 2 N–H and O–H groups in total. The topological polar surface area (TPSA) is 32.3 Å². The summed E-state index contributed by atoms with van der Waals surface area (Å²) < 4.78 is 0. The summed E-state index contributed by atoms with van der Waals surface area (Å²) >= 11 is 0. The molecule has 0 aliphatic heterocycles. The summed E-state index contributed by atoms with van der Waals surface area (Å²) in [7, 11) is 0. The van der Waals surface area contributed by atoms with E-state index in [2.05, 4.69) is 37.0 Å². The van der Waals surface area contributed by atoms with E-state index in [4.69, 9.17) is 5.11 Å². The highest BCUT2D eigenvalue weighted by atomic mass is 16.3. The van der Waals surface area contributed by atoms with Gasteiger partial charge in [-0.15, -0.1) is 0 Å². The van der Waals surface area contributed by atoms with Crippen LogP contribution in [0, 0.1) is 11.8 Å². The minimum absolute atomic E-state index is 0.234. The largest absolute Gasteiger partial charge is 0.395 e. The van der Waals surface area contributed by atoms with Gasteiger partial charge in [-0.1, -0.05) is 36.8 Å². The average Bonchev–Trinajstić information content (AvgIpc) is 2.40. The lowest BCUT2D eigenvalue weighted by Crippen LogP contribution is -2.29. The minimum atomic E-state index is 0.234. The van der Waals surface area contributed by atoms with Crippen molar-refractivity contribution in [1.82, 2.24) is 5.32 Å². The lowest BCUT2D eigenvalue weighted by atomic mass is 9.77. The van der Waals surface area contributed by atoms with Gasteiger partial charge in [-0.05, 0) is 57.1 Å². The highest BCUT2D eigenvalue weighted by molar-refractivity contribution is 5.27. The van der Waals surface area contributed by atoms with Gasteiger partial charge in [0.05, 0.1) is 6.61 Å². The van der Waals surface area contributed by atoms with Gasteiger partial charge in [0.15, 0.2) is 0 Å². The van der Waals surface area contributed by atoms with E-state index in [0.717, 1.165) is 18.0 Å². The van der Waals surface area contributed by atoms with Gasteiger partial charge in [-0.2, -0.15) is 0 Å².